The van der Waals surface area contributed by atoms with Crippen LogP contribution < -0.4 is 4.90 Å². The SMILES string of the molecule is O=S(=O)(c1ccc(-n2cnnn2)cc1)N1CCC([NH+]2CCCCC2)CC1. The minimum atomic E-state index is -3.44. The average Bonchev–Trinajstić information content (AvgIpc) is 3.24. The lowest BCUT2D eigenvalue weighted by Gasteiger charge is -2.37. The van der Waals surface area contributed by atoms with E-state index in [0.29, 0.717) is 24.0 Å². The van der Waals surface area contributed by atoms with Crippen molar-refractivity contribution >= 4 is 10.0 Å². The van der Waals surface area contributed by atoms with Crippen molar-refractivity contribution < 1.29 is 13.3 Å². The molecule has 4 rings (SSSR count). The summed E-state index contributed by atoms with van der Waals surface area (Å²) >= 11 is 0. The van der Waals surface area contributed by atoms with Crippen molar-refractivity contribution in [2.75, 3.05) is 26.2 Å². The van der Waals surface area contributed by atoms with Crippen LogP contribution in [0, 0.1) is 0 Å². The van der Waals surface area contributed by atoms with E-state index in [4.69, 9.17) is 0 Å². The van der Waals surface area contributed by atoms with Crippen LogP contribution in [0.5, 0.6) is 0 Å². The van der Waals surface area contributed by atoms with Gasteiger partial charge in [0.1, 0.15) is 6.33 Å². The number of sulfonamides is 1. The van der Waals surface area contributed by atoms with Crippen LogP contribution in [-0.2, 0) is 10.0 Å². The van der Waals surface area contributed by atoms with E-state index in [1.54, 1.807) is 33.5 Å². The Hall–Kier alpha value is -1.84. The van der Waals surface area contributed by atoms with Crippen molar-refractivity contribution in [3.05, 3.63) is 30.6 Å². The second-order valence-electron chi connectivity index (χ2n) is 7.15. The first kappa shape index (κ1) is 17.6. The van der Waals surface area contributed by atoms with E-state index >= 15 is 0 Å². The molecule has 140 valence electrons. The molecular weight excluding hydrogens is 352 g/mol. The number of hydrogen-bond donors (Lipinski definition) is 1. The van der Waals surface area contributed by atoms with E-state index in [2.05, 4.69) is 15.5 Å². The number of hydrogen-bond acceptors (Lipinski definition) is 5. The summed E-state index contributed by atoms with van der Waals surface area (Å²) in [4.78, 5) is 2.01. The predicted octanol–water partition coefficient (Wildman–Crippen LogP) is -0.116. The summed E-state index contributed by atoms with van der Waals surface area (Å²) in [6, 6.07) is 7.34. The summed E-state index contributed by atoms with van der Waals surface area (Å²) < 4.78 is 29.0. The number of aromatic nitrogens is 4. The zero-order chi connectivity index (χ0) is 18.0. The molecule has 0 unspecified atom stereocenters. The molecule has 2 saturated heterocycles. The molecule has 1 N–H and O–H groups in total. The molecule has 0 bridgehead atoms. The average molecular weight is 377 g/mol. The number of nitrogens with zero attached hydrogens (tertiary/aromatic N) is 5. The molecule has 26 heavy (non-hydrogen) atoms. The summed E-state index contributed by atoms with van der Waals surface area (Å²) in [6.07, 6.45) is 7.35. The molecule has 8 nitrogen and oxygen atoms in total. The van der Waals surface area contributed by atoms with Crippen LogP contribution in [0.25, 0.3) is 5.69 Å². The summed E-state index contributed by atoms with van der Waals surface area (Å²) in [5.41, 5.74) is 0.737. The van der Waals surface area contributed by atoms with Gasteiger partial charge in [-0.1, -0.05) is 0 Å². The quantitative estimate of drug-likeness (QED) is 0.803. The minimum absolute atomic E-state index is 0.332. The highest BCUT2D eigenvalue weighted by Gasteiger charge is 2.34. The van der Waals surface area contributed by atoms with Crippen molar-refractivity contribution in [2.24, 2.45) is 0 Å². The van der Waals surface area contributed by atoms with Crippen LogP contribution in [0.3, 0.4) is 0 Å². The van der Waals surface area contributed by atoms with Gasteiger partial charge >= 0.3 is 0 Å². The lowest BCUT2D eigenvalue weighted by Crippen LogP contribution is -3.16. The van der Waals surface area contributed by atoms with Crippen LogP contribution >= 0.6 is 0 Å². The fraction of sp³-hybridized carbons (Fsp3) is 0.588. The lowest BCUT2D eigenvalue weighted by molar-refractivity contribution is -0.931. The van der Waals surface area contributed by atoms with Crippen molar-refractivity contribution in [2.45, 2.75) is 43.0 Å². The van der Waals surface area contributed by atoms with E-state index in [-0.39, 0.29) is 0 Å². The molecule has 2 aliphatic heterocycles. The minimum Gasteiger partial charge on any atom is -0.332 e. The zero-order valence-corrected chi connectivity index (χ0v) is 15.6. The molecular formula is C17H25N6O2S+. The first-order valence-corrected chi connectivity index (χ1v) is 10.8. The monoisotopic (exact) mass is 377 g/mol. The number of rotatable bonds is 4. The van der Waals surface area contributed by atoms with Gasteiger partial charge in [-0.15, -0.1) is 5.10 Å². The van der Waals surface area contributed by atoms with Crippen molar-refractivity contribution in [1.29, 1.82) is 0 Å². The third kappa shape index (κ3) is 3.51. The van der Waals surface area contributed by atoms with E-state index in [1.165, 1.54) is 43.4 Å². The molecule has 1 aromatic heterocycles. The Balaban J connectivity index is 1.42. The highest BCUT2D eigenvalue weighted by molar-refractivity contribution is 7.89. The van der Waals surface area contributed by atoms with Gasteiger partial charge in [0.25, 0.3) is 0 Å². The topological polar surface area (TPSA) is 85.4 Å². The van der Waals surface area contributed by atoms with Crippen LogP contribution in [0.4, 0.5) is 0 Å². The van der Waals surface area contributed by atoms with Gasteiger partial charge in [-0.25, -0.2) is 13.1 Å². The molecule has 2 fully saturated rings. The molecule has 0 aliphatic carbocycles. The highest BCUT2D eigenvalue weighted by Crippen LogP contribution is 2.21. The molecule has 9 heteroatoms. The molecule has 0 spiro atoms. The summed E-state index contributed by atoms with van der Waals surface area (Å²) in [7, 11) is -3.44. The van der Waals surface area contributed by atoms with Crippen molar-refractivity contribution in [1.82, 2.24) is 24.5 Å². The fourth-order valence-electron chi connectivity index (χ4n) is 4.12. The van der Waals surface area contributed by atoms with Crippen molar-refractivity contribution in [3.8, 4) is 5.69 Å². The Bertz CT molecular complexity index is 807. The maximum absolute atomic E-state index is 12.9. The van der Waals surface area contributed by atoms with E-state index in [9.17, 15) is 8.42 Å². The lowest BCUT2D eigenvalue weighted by atomic mass is 10.0. The number of tetrazole rings is 1. The first-order chi connectivity index (χ1) is 12.6. The zero-order valence-electron chi connectivity index (χ0n) is 14.8. The summed E-state index contributed by atoms with van der Waals surface area (Å²) in [5.74, 6) is 0. The molecule has 1 aromatic carbocycles. The number of piperidine rings is 2. The maximum Gasteiger partial charge on any atom is 0.243 e. The van der Waals surface area contributed by atoms with Crippen LogP contribution in [0.2, 0.25) is 0 Å². The number of quaternary nitrogens is 1. The second-order valence-corrected chi connectivity index (χ2v) is 9.08. The van der Waals surface area contributed by atoms with E-state index < -0.39 is 10.0 Å². The molecule has 0 saturated carbocycles. The Morgan fingerprint density at radius 2 is 1.69 bits per heavy atom. The molecule has 0 amide bonds. The molecule has 0 atom stereocenters. The molecule has 2 aliphatic rings. The molecule has 0 radical (unpaired) electrons. The normalized spacial score (nSPS) is 21.1. The van der Waals surface area contributed by atoms with Gasteiger partial charge in [0.2, 0.25) is 10.0 Å². The third-order valence-corrected chi connectivity index (χ3v) is 7.53. The van der Waals surface area contributed by atoms with Gasteiger partial charge in [-0.3, -0.25) is 0 Å². The molecule has 2 aromatic rings. The number of likely N-dealkylation sites (tertiary alicyclic amines) is 1. The maximum atomic E-state index is 12.9. The Morgan fingerprint density at radius 3 is 2.31 bits per heavy atom. The smallest absolute Gasteiger partial charge is 0.243 e. The van der Waals surface area contributed by atoms with E-state index in [0.717, 1.165) is 18.5 Å². The summed E-state index contributed by atoms with van der Waals surface area (Å²) in [6.45, 7) is 3.72. The predicted molar refractivity (Wildman–Crippen MR) is 95.5 cm³/mol. The standard InChI is InChI=1S/C17H24N6O2S/c24-26(25,17-6-4-16(5-7-17)23-14-18-19-20-23)22-12-8-15(9-13-22)21-10-2-1-3-11-21/h4-7,14-15H,1-3,8-13H2/p+1. The first-order valence-electron chi connectivity index (χ1n) is 9.33. The van der Waals surface area contributed by atoms with Crippen LogP contribution in [-0.4, -0.2) is 65.2 Å². The van der Waals surface area contributed by atoms with E-state index in [1.807, 2.05) is 0 Å². The number of benzene rings is 1. The third-order valence-electron chi connectivity index (χ3n) is 5.62. The second kappa shape index (κ2) is 7.42. The van der Waals surface area contributed by atoms with Crippen LogP contribution in [0.15, 0.2) is 35.5 Å². The van der Waals surface area contributed by atoms with Gasteiger partial charge in [0, 0.05) is 25.9 Å². The Kier molecular flexibility index (Phi) is 5.01. The molecule has 3 heterocycles. The van der Waals surface area contributed by atoms with Gasteiger partial charge in [0.05, 0.1) is 29.7 Å². The van der Waals surface area contributed by atoms with Gasteiger partial charge in [-0.05, 0) is 54.0 Å². The highest BCUT2D eigenvalue weighted by atomic mass is 32.2. The number of nitrogens with one attached hydrogen (secondary N) is 1. The Labute approximate surface area is 153 Å². The fourth-order valence-corrected chi connectivity index (χ4v) is 5.59. The van der Waals surface area contributed by atoms with Crippen LogP contribution in [0.1, 0.15) is 32.1 Å². The summed E-state index contributed by atoms with van der Waals surface area (Å²) in [5, 5.41) is 11.0. The Morgan fingerprint density at radius 1 is 1.00 bits per heavy atom. The van der Waals surface area contributed by atoms with Gasteiger partial charge in [0.15, 0.2) is 0 Å². The largest absolute Gasteiger partial charge is 0.332 e. The van der Waals surface area contributed by atoms with Gasteiger partial charge in [-0.2, -0.15) is 4.31 Å². The van der Waals surface area contributed by atoms with Crippen molar-refractivity contribution in [3.63, 3.8) is 0 Å². The van der Waals surface area contributed by atoms with Gasteiger partial charge < -0.3 is 4.90 Å².